The van der Waals surface area contributed by atoms with Crippen molar-refractivity contribution in [2.75, 3.05) is 24.7 Å². The normalized spacial score (nSPS) is 29.4. The van der Waals surface area contributed by atoms with Crippen molar-refractivity contribution in [3.8, 4) is 29.1 Å². The Kier molecular flexibility index (Phi) is 17.5. The number of allylic oxidation sites excluding steroid dienone is 3. The van der Waals surface area contributed by atoms with Crippen LogP contribution < -0.4 is 16.2 Å². The minimum atomic E-state index is -1.14. The summed E-state index contributed by atoms with van der Waals surface area (Å²) in [6, 6.07) is 25.1. The van der Waals surface area contributed by atoms with E-state index in [1.807, 2.05) is 31.2 Å². The number of aliphatic hydroxyl groups excluding tert-OH is 2. The maximum Gasteiger partial charge on any atom is 0.165 e. The Morgan fingerprint density at radius 3 is 2.50 bits per heavy atom. The predicted octanol–water partition coefficient (Wildman–Crippen LogP) is 11.0. The lowest BCUT2D eigenvalue weighted by Crippen LogP contribution is -2.43. The highest BCUT2D eigenvalue weighted by molar-refractivity contribution is 8.77. The highest BCUT2D eigenvalue weighted by Gasteiger charge is 2.60. The predicted molar refractivity (Wildman–Crippen MR) is 324 cm³/mol. The van der Waals surface area contributed by atoms with E-state index in [-0.39, 0.29) is 89.9 Å². The van der Waals surface area contributed by atoms with Crippen LogP contribution in [0.4, 0.5) is 0 Å². The minimum absolute atomic E-state index is 0.0139. The molecule has 420 valence electrons. The Morgan fingerprint density at radius 1 is 0.850 bits per heavy atom. The van der Waals surface area contributed by atoms with E-state index in [9.17, 15) is 35.1 Å². The highest BCUT2D eigenvalue weighted by Crippen LogP contribution is 2.63. The van der Waals surface area contributed by atoms with Crippen LogP contribution in [0.1, 0.15) is 136 Å². The largest absolute Gasteiger partial charge is 0.508 e. The van der Waals surface area contributed by atoms with Crippen LogP contribution in [0.25, 0.3) is 0 Å². The number of aromatic nitrogens is 1. The lowest BCUT2D eigenvalue weighted by Gasteiger charge is -2.39. The molecule has 3 heterocycles. The minimum Gasteiger partial charge on any atom is -0.508 e. The number of Topliss-reactive ketones (excluding diaryl/α,β-unsaturated/α-hetero) is 1. The van der Waals surface area contributed by atoms with E-state index < -0.39 is 29.2 Å². The van der Waals surface area contributed by atoms with Crippen molar-refractivity contribution in [2.24, 2.45) is 46.5 Å². The van der Waals surface area contributed by atoms with Gasteiger partial charge in [0.05, 0.1) is 42.8 Å². The Balaban J connectivity index is 0.985. The SMILES string of the molecule is CC(O)CC1CC2C=CC(SSCC3CC1Cc1ccccc1C3CO)C1(O)CC23C=CC(=O)CCc2ccc(O)c(c2)OCCc2ccc(O)c(c2)C2CC(=O)c4cc[nH]c4CC#Cc4cc(C(N)N)c(cc42)CSSCC1C3. The number of nitrogens with two attached hydrogens (primary N) is 2. The molecular weight excluding hydrogens is 1080 g/mol. The van der Waals surface area contributed by atoms with E-state index in [1.165, 1.54) is 11.1 Å². The van der Waals surface area contributed by atoms with Crippen molar-refractivity contribution in [3.63, 3.8) is 0 Å². The summed E-state index contributed by atoms with van der Waals surface area (Å²) in [7, 11) is 6.92. The van der Waals surface area contributed by atoms with Gasteiger partial charge in [-0.1, -0.05) is 122 Å². The fourth-order valence-corrected chi connectivity index (χ4v) is 20.0. The van der Waals surface area contributed by atoms with Crippen molar-refractivity contribution >= 4 is 54.7 Å². The monoisotopic (exact) mass is 1150 g/mol. The Bertz CT molecular complexity index is 3240. The summed E-state index contributed by atoms with van der Waals surface area (Å²) in [5.74, 6) is 8.64. The zero-order valence-corrected chi connectivity index (χ0v) is 48.5. The number of carbonyl (C=O) groups excluding carboxylic acids is 2. The lowest BCUT2D eigenvalue weighted by molar-refractivity contribution is -0.114. The molecule has 4 aliphatic carbocycles. The van der Waals surface area contributed by atoms with Crippen LogP contribution in [0.5, 0.6) is 17.2 Å². The summed E-state index contributed by atoms with van der Waals surface area (Å²) in [6.45, 7) is 2.15. The van der Waals surface area contributed by atoms with Gasteiger partial charge in [-0.05, 0) is 162 Å². The number of benzene rings is 4. The number of ketones is 2. The van der Waals surface area contributed by atoms with Gasteiger partial charge < -0.3 is 46.7 Å². The van der Waals surface area contributed by atoms with Crippen molar-refractivity contribution < 1.29 is 39.9 Å². The molecule has 10 N–H and O–H groups in total. The first-order valence-corrected chi connectivity index (χ1v) is 33.2. The van der Waals surface area contributed by atoms with Crippen LogP contribution in [0.2, 0.25) is 0 Å². The van der Waals surface area contributed by atoms with Gasteiger partial charge in [-0.25, -0.2) is 0 Å². The molecule has 0 amide bonds. The van der Waals surface area contributed by atoms with E-state index in [4.69, 9.17) is 16.2 Å². The molecule has 1 saturated carbocycles. The van der Waals surface area contributed by atoms with Crippen LogP contribution in [0.3, 0.4) is 0 Å². The maximum atomic E-state index is 14.4. The van der Waals surface area contributed by atoms with Gasteiger partial charge in [0.25, 0.3) is 0 Å². The second-order valence-corrected chi connectivity index (χ2v) is 28.5. The third kappa shape index (κ3) is 12.0. The van der Waals surface area contributed by atoms with Crippen LogP contribution in [-0.4, -0.2) is 83.8 Å². The van der Waals surface area contributed by atoms with Gasteiger partial charge in [0.1, 0.15) is 5.75 Å². The number of aromatic amines is 1. The number of hydrogen-bond acceptors (Lipinski definition) is 14. The Labute approximate surface area is 485 Å². The quantitative estimate of drug-likeness (QED) is 0.0364. The fourth-order valence-electron chi connectivity index (χ4n) is 14.2. The van der Waals surface area contributed by atoms with E-state index >= 15 is 0 Å². The number of fused-ring (bicyclic) bond motifs is 16. The number of ether oxygens (including phenoxy) is 1. The molecule has 0 radical (unpaired) electrons. The molecule has 80 heavy (non-hydrogen) atoms. The lowest BCUT2D eigenvalue weighted by atomic mass is 9.66. The molecule has 11 rings (SSSR count). The smallest absolute Gasteiger partial charge is 0.165 e. The van der Waals surface area contributed by atoms with Crippen molar-refractivity contribution in [1.82, 2.24) is 4.98 Å². The zero-order valence-electron chi connectivity index (χ0n) is 45.2. The molecule has 5 aromatic rings. The first-order valence-electron chi connectivity index (χ1n) is 28.3. The summed E-state index contributed by atoms with van der Waals surface area (Å²) in [4.78, 5) is 31.9. The second-order valence-electron chi connectivity index (χ2n) is 23.5. The summed E-state index contributed by atoms with van der Waals surface area (Å²) in [5, 5.41) is 58.5. The molecule has 0 saturated heterocycles. The zero-order chi connectivity index (χ0) is 55.7. The molecule has 11 unspecified atom stereocenters. The number of carbonyl (C=O) groups is 2. The molecule has 4 aromatic carbocycles. The molecule has 13 bridgehead atoms. The van der Waals surface area contributed by atoms with Gasteiger partial charge in [-0.15, -0.1) is 0 Å². The number of nitrogens with one attached hydrogen (secondary N) is 1. The second kappa shape index (κ2) is 24.5. The third-order valence-electron chi connectivity index (χ3n) is 18.3. The van der Waals surface area contributed by atoms with Crippen molar-refractivity contribution in [1.29, 1.82) is 0 Å². The van der Waals surface area contributed by atoms with Crippen LogP contribution in [0, 0.1) is 46.8 Å². The number of hydrogen-bond donors (Lipinski definition) is 8. The maximum absolute atomic E-state index is 14.4. The van der Waals surface area contributed by atoms with Gasteiger partial charge in [0.15, 0.2) is 23.1 Å². The Morgan fingerprint density at radius 2 is 1.68 bits per heavy atom. The fraction of sp³-hybridized carbons (Fsp3) is 0.446. The summed E-state index contributed by atoms with van der Waals surface area (Å²) < 4.78 is 6.25. The van der Waals surface area contributed by atoms with Crippen LogP contribution in [-0.2, 0) is 36.2 Å². The van der Waals surface area contributed by atoms with Gasteiger partial charge >= 0.3 is 0 Å². The first-order chi connectivity index (χ1) is 38.7. The molecule has 6 aliphatic rings. The van der Waals surface area contributed by atoms with Gasteiger partial charge in [0.2, 0.25) is 0 Å². The van der Waals surface area contributed by atoms with Crippen molar-refractivity contribution in [3.05, 3.63) is 171 Å². The van der Waals surface area contributed by atoms with E-state index in [0.717, 1.165) is 58.5 Å². The van der Waals surface area contributed by atoms with Crippen molar-refractivity contribution in [2.45, 2.75) is 118 Å². The number of phenolic OH excluding ortho intramolecular Hbond substituents is 2. The van der Waals surface area contributed by atoms with Gasteiger partial charge in [-0.3, -0.25) is 9.59 Å². The topological polar surface area (TPSA) is 212 Å². The molecule has 1 aromatic heterocycles. The summed E-state index contributed by atoms with van der Waals surface area (Å²) in [5.41, 5.74) is 20.7. The van der Waals surface area contributed by atoms with Gasteiger partial charge in [-0.2, -0.15) is 0 Å². The number of aryl methyl sites for hydroxylation is 1. The van der Waals surface area contributed by atoms with E-state index in [1.54, 1.807) is 79.7 Å². The standard InChI is InChI=1S/C65H73N3O8S4/c1-38(70)23-43-28-47-12-16-62(80-79-35-45-27-44(43)26-41-5-2-3-7-50(41)56(45)33-69)65(75)37-64(47)20-17-49(71)13-9-39-11-15-59(73)61(25-39)76-22-19-40-10-14-58(72)55(24-40)54-31-60(74)51-18-21-68-57(51)8-4-6-42-29-53(63(66)67)46(30-52(42)54)34-77-78-36-48(65)32-64/h2-3,5,7,10-12,14-18,20-21,24-25,29-30,38,43-45,47-48,54,56,62-63,68-70,72-73,75H,8-9,13,19,22-23,26-28,31-37,66-67H2,1H3. The van der Waals surface area contributed by atoms with Crippen LogP contribution in [0.15, 0.2) is 109 Å². The molecule has 2 aliphatic heterocycles. The molecule has 15 heteroatoms. The number of aromatic hydroxyl groups is 2. The average molecular weight is 1150 g/mol. The number of phenols is 2. The van der Waals surface area contributed by atoms with Gasteiger partial charge in [0, 0.05) is 76.9 Å². The molecular formula is C65H73N3O8S4. The van der Waals surface area contributed by atoms with E-state index in [2.05, 4.69) is 65.4 Å². The molecule has 1 fully saturated rings. The number of rotatable bonds is 4. The number of H-pyrrole nitrogens is 1. The first kappa shape index (κ1) is 57.0. The van der Waals surface area contributed by atoms with Crippen LogP contribution >= 0.6 is 43.2 Å². The molecule has 11 atom stereocenters. The summed E-state index contributed by atoms with van der Waals surface area (Å²) >= 11 is 0. The third-order valence-corrected chi connectivity index (χ3v) is 23.7. The average Bonchev–Trinajstić information content (AvgIpc) is 3.98. The number of aliphatic hydroxyl groups is 3. The Hall–Kier alpha value is -4.86. The molecule has 1 spiro atoms. The summed E-state index contributed by atoms with van der Waals surface area (Å²) in [6.07, 6.45) is 14.7. The van der Waals surface area contributed by atoms with E-state index in [0.29, 0.717) is 72.5 Å². The highest BCUT2D eigenvalue weighted by atomic mass is 33.1. The molecule has 11 nitrogen and oxygen atoms in total.